The van der Waals surface area contributed by atoms with Crippen molar-refractivity contribution in [1.82, 2.24) is 9.88 Å². The summed E-state index contributed by atoms with van der Waals surface area (Å²) in [7, 11) is 0. The third-order valence-corrected chi connectivity index (χ3v) is 4.86. The van der Waals surface area contributed by atoms with Crippen LogP contribution in [0.2, 0.25) is 0 Å². The average molecular weight is 348 g/mol. The van der Waals surface area contributed by atoms with Crippen molar-refractivity contribution < 1.29 is 4.79 Å². The summed E-state index contributed by atoms with van der Waals surface area (Å²) in [5, 5.41) is 1.17. The number of carbonyl (C=O) groups excluding carboxylic acids is 1. The van der Waals surface area contributed by atoms with Crippen molar-refractivity contribution in [3.05, 3.63) is 71.4 Å². The van der Waals surface area contributed by atoms with Gasteiger partial charge in [0.1, 0.15) is 0 Å². The van der Waals surface area contributed by atoms with Crippen LogP contribution in [-0.2, 0) is 4.79 Å². The number of rotatable bonds is 6. The van der Waals surface area contributed by atoms with E-state index >= 15 is 0 Å². The Hall–Kier alpha value is -2.55. The fraction of sp³-hybridized carbons (Fsp3) is 0.348. The van der Waals surface area contributed by atoms with Gasteiger partial charge in [0.2, 0.25) is 5.91 Å². The molecule has 0 fully saturated rings. The van der Waals surface area contributed by atoms with E-state index in [9.17, 15) is 4.79 Å². The summed E-state index contributed by atoms with van der Waals surface area (Å²) in [6.45, 7) is 9.03. The summed E-state index contributed by atoms with van der Waals surface area (Å²) < 4.78 is 0. The van der Waals surface area contributed by atoms with Crippen LogP contribution in [0.5, 0.6) is 0 Å². The minimum atomic E-state index is -0.0806. The predicted octanol–water partition coefficient (Wildman–Crippen LogP) is 5.46. The van der Waals surface area contributed by atoms with Gasteiger partial charge in [-0.3, -0.25) is 4.79 Å². The number of aromatic nitrogens is 1. The average Bonchev–Trinajstić information content (AvgIpc) is 3.03. The molecular formula is C23H28N2O. The number of aryl methyl sites for hydroxylation is 1. The Morgan fingerprint density at radius 3 is 2.42 bits per heavy atom. The first-order valence-corrected chi connectivity index (χ1v) is 9.43. The Bertz CT molecular complexity index is 877. The molecule has 0 aliphatic rings. The SMILES string of the molecule is CCN(C(=O)CC(C)C)[C@H](c1ccc(C)cc1)c1c[nH]c2ccccc12. The Morgan fingerprint density at radius 2 is 1.77 bits per heavy atom. The topological polar surface area (TPSA) is 36.1 Å². The van der Waals surface area contributed by atoms with Gasteiger partial charge in [-0.25, -0.2) is 0 Å². The van der Waals surface area contributed by atoms with Gasteiger partial charge >= 0.3 is 0 Å². The number of nitrogens with zero attached hydrogens (tertiary/aromatic N) is 1. The Morgan fingerprint density at radius 1 is 1.08 bits per heavy atom. The van der Waals surface area contributed by atoms with Crippen LogP contribution in [0.25, 0.3) is 10.9 Å². The molecule has 3 heteroatoms. The molecule has 0 aliphatic carbocycles. The lowest BCUT2D eigenvalue weighted by Crippen LogP contribution is -2.36. The van der Waals surface area contributed by atoms with Gasteiger partial charge in [0.05, 0.1) is 6.04 Å². The summed E-state index contributed by atoms with van der Waals surface area (Å²) in [6, 6.07) is 16.8. The quantitative estimate of drug-likeness (QED) is 0.631. The molecule has 26 heavy (non-hydrogen) atoms. The van der Waals surface area contributed by atoms with Crippen LogP contribution in [0.3, 0.4) is 0 Å². The zero-order chi connectivity index (χ0) is 18.7. The van der Waals surface area contributed by atoms with Crippen molar-refractivity contribution in [1.29, 1.82) is 0 Å². The molecule has 1 aromatic heterocycles. The first-order valence-electron chi connectivity index (χ1n) is 9.43. The molecule has 1 heterocycles. The number of H-pyrrole nitrogens is 1. The third-order valence-electron chi connectivity index (χ3n) is 4.86. The van der Waals surface area contributed by atoms with Crippen molar-refractivity contribution in [3.8, 4) is 0 Å². The monoisotopic (exact) mass is 348 g/mol. The van der Waals surface area contributed by atoms with Crippen LogP contribution < -0.4 is 0 Å². The van der Waals surface area contributed by atoms with Gasteiger partial charge in [-0.2, -0.15) is 0 Å². The highest BCUT2D eigenvalue weighted by molar-refractivity contribution is 5.85. The van der Waals surface area contributed by atoms with E-state index in [-0.39, 0.29) is 11.9 Å². The molecule has 3 rings (SSSR count). The molecule has 0 saturated heterocycles. The summed E-state index contributed by atoms with van der Waals surface area (Å²) in [4.78, 5) is 18.4. The standard InChI is InChI=1S/C23H28N2O/c1-5-25(22(26)14-16(2)3)23(18-12-10-17(4)11-13-18)20-15-24-21-9-7-6-8-19(20)21/h6-13,15-16,23-24H,5,14H2,1-4H3/t23-/m1/s1. The van der Waals surface area contributed by atoms with E-state index in [1.807, 2.05) is 11.0 Å². The van der Waals surface area contributed by atoms with Crippen molar-refractivity contribution in [2.75, 3.05) is 6.54 Å². The highest BCUT2D eigenvalue weighted by atomic mass is 16.2. The number of benzene rings is 2. The smallest absolute Gasteiger partial charge is 0.223 e. The van der Waals surface area contributed by atoms with Gasteiger partial charge in [0.15, 0.2) is 0 Å². The van der Waals surface area contributed by atoms with E-state index in [1.54, 1.807) is 0 Å². The van der Waals surface area contributed by atoms with Crippen LogP contribution in [-0.4, -0.2) is 22.3 Å². The molecule has 3 nitrogen and oxygen atoms in total. The lowest BCUT2D eigenvalue weighted by Gasteiger charge is -2.32. The van der Waals surface area contributed by atoms with Crippen LogP contribution in [0.15, 0.2) is 54.7 Å². The van der Waals surface area contributed by atoms with E-state index in [1.165, 1.54) is 10.9 Å². The first-order chi connectivity index (χ1) is 12.5. The Kier molecular flexibility index (Phi) is 5.46. The second-order valence-corrected chi connectivity index (χ2v) is 7.38. The number of para-hydroxylation sites is 1. The van der Waals surface area contributed by atoms with Gasteiger partial charge in [-0.1, -0.05) is 61.9 Å². The third kappa shape index (κ3) is 3.67. The minimum Gasteiger partial charge on any atom is -0.361 e. The lowest BCUT2D eigenvalue weighted by molar-refractivity contribution is -0.133. The van der Waals surface area contributed by atoms with Crippen LogP contribution >= 0.6 is 0 Å². The van der Waals surface area contributed by atoms with Gasteiger partial charge in [0.25, 0.3) is 0 Å². The van der Waals surface area contributed by atoms with Crippen LogP contribution in [0.1, 0.15) is 49.9 Å². The maximum absolute atomic E-state index is 13.0. The molecule has 0 spiro atoms. The van der Waals surface area contributed by atoms with Crippen molar-refractivity contribution in [2.24, 2.45) is 5.92 Å². The number of nitrogens with one attached hydrogen (secondary N) is 1. The first kappa shape index (κ1) is 18.2. The van der Waals surface area contributed by atoms with Crippen LogP contribution in [0, 0.1) is 12.8 Å². The number of amides is 1. The summed E-state index contributed by atoms with van der Waals surface area (Å²) >= 11 is 0. The largest absolute Gasteiger partial charge is 0.361 e. The molecule has 0 radical (unpaired) electrons. The summed E-state index contributed by atoms with van der Waals surface area (Å²) in [5.74, 6) is 0.552. The molecule has 1 amide bonds. The lowest BCUT2D eigenvalue weighted by atomic mass is 9.95. The van der Waals surface area contributed by atoms with E-state index in [0.29, 0.717) is 18.9 Å². The van der Waals surface area contributed by atoms with Crippen LogP contribution in [0.4, 0.5) is 0 Å². The number of hydrogen-bond acceptors (Lipinski definition) is 1. The van der Waals surface area contributed by atoms with E-state index in [0.717, 1.165) is 16.6 Å². The van der Waals surface area contributed by atoms with E-state index in [2.05, 4.69) is 81.3 Å². The number of fused-ring (bicyclic) bond motifs is 1. The molecule has 0 saturated carbocycles. The molecule has 1 N–H and O–H groups in total. The van der Waals surface area contributed by atoms with Gasteiger partial charge in [-0.05, 0) is 31.4 Å². The summed E-state index contributed by atoms with van der Waals surface area (Å²) in [6.07, 6.45) is 2.62. The molecule has 3 aromatic rings. The molecule has 0 unspecified atom stereocenters. The highest BCUT2D eigenvalue weighted by Gasteiger charge is 2.27. The maximum Gasteiger partial charge on any atom is 0.223 e. The molecule has 0 bridgehead atoms. The molecular weight excluding hydrogens is 320 g/mol. The van der Waals surface area contributed by atoms with Gasteiger partial charge in [-0.15, -0.1) is 0 Å². The Balaban J connectivity index is 2.12. The number of aromatic amines is 1. The predicted molar refractivity (Wildman–Crippen MR) is 108 cm³/mol. The normalized spacial score (nSPS) is 12.5. The Labute approximate surface area is 156 Å². The molecule has 2 aromatic carbocycles. The summed E-state index contributed by atoms with van der Waals surface area (Å²) in [5.41, 5.74) is 4.64. The van der Waals surface area contributed by atoms with Crippen molar-refractivity contribution in [2.45, 2.75) is 40.2 Å². The molecule has 1 atom stereocenters. The zero-order valence-corrected chi connectivity index (χ0v) is 16.1. The number of hydrogen-bond donors (Lipinski definition) is 1. The van der Waals surface area contributed by atoms with Crippen molar-refractivity contribution in [3.63, 3.8) is 0 Å². The van der Waals surface area contributed by atoms with E-state index in [4.69, 9.17) is 0 Å². The highest BCUT2D eigenvalue weighted by Crippen LogP contribution is 2.34. The maximum atomic E-state index is 13.0. The van der Waals surface area contributed by atoms with E-state index < -0.39 is 0 Å². The molecule has 136 valence electrons. The fourth-order valence-corrected chi connectivity index (χ4v) is 3.57. The van der Waals surface area contributed by atoms with Gasteiger partial charge in [0, 0.05) is 35.6 Å². The van der Waals surface area contributed by atoms with Crippen molar-refractivity contribution >= 4 is 16.8 Å². The van der Waals surface area contributed by atoms with Gasteiger partial charge < -0.3 is 9.88 Å². The zero-order valence-electron chi connectivity index (χ0n) is 16.1. The second kappa shape index (κ2) is 7.77. The minimum absolute atomic E-state index is 0.0806. The fourth-order valence-electron chi connectivity index (χ4n) is 3.57. The second-order valence-electron chi connectivity index (χ2n) is 7.38. The molecule has 0 aliphatic heterocycles. The number of carbonyl (C=O) groups is 1.